The third kappa shape index (κ3) is 6.96. The first kappa shape index (κ1) is 14.0. The topological polar surface area (TPSA) is 55.6 Å². The molecular weight excluding hydrogens is 192 g/mol. The van der Waals surface area contributed by atoms with Gasteiger partial charge in [-0.05, 0) is 33.7 Å². The van der Waals surface area contributed by atoms with Crippen molar-refractivity contribution in [2.24, 2.45) is 5.73 Å². The van der Waals surface area contributed by atoms with Crippen molar-refractivity contribution < 1.29 is 9.53 Å². The van der Waals surface area contributed by atoms with Gasteiger partial charge in [-0.25, -0.2) is 4.79 Å². The maximum Gasteiger partial charge on any atom is 0.410 e. The van der Waals surface area contributed by atoms with Crippen LogP contribution in [-0.4, -0.2) is 36.2 Å². The Morgan fingerprint density at radius 2 is 2.13 bits per heavy atom. The van der Waals surface area contributed by atoms with Crippen molar-refractivity contribution in [1.29, 1.82) is 0 Å². The number of hydrogen-bond acceptors (Lipinski definition) is 3. The fraction of sp³-hybridized carbons (Fsp3) is 0.727. The molecule has 0 aromatic rings. The summed E-state index contributed by atoms with van der Waals surface area (Å²) in [6.07, 6.45) is 2.14. The molecular formula is C11H22N2O2. The summed E-state index contributed by atoms with van der Waals surface area (Å²) < 4.78 is 5.25. The lowest BCUT2D eigenvalue weighted by Gasteiger charge is -2.26. The van der Waals surface area contributed by atoms with Crippen LogP contribution in [0.1, 0.15) is 27.2 Å². The van der Waals surface area contributed by atoms with E-state index in [-0.39, 0.29) is 6.09 Å². The zero-order valence-corrected chi connectivity index (χ0v) is 9.95. The second-order valence-electron chi connectivity index (χ2n) is 4.36. The van der Waals surface area contributed by atoms with Gasteiger partial charge < -0.3 is 15.4 Å². The van der Waals surface area contributed by atoms with E-state index in [0.29, 0.717) is 19.6 Å². The summed E-state index contributed by atoms with van der Waals surface area (Å²) in [5.41, 5.74) is 4.94. The fourth-order valence-electron chi connectivity index (χ4n) is 1.02. The van der Waals surface area contributed by atoms with Crippen LogP contribution in [0.3, 0.4) is 0 Å². The Bertz CT molecular complexity index is 209. The molecule has 0 unspecified atom stereocenters. The molecule has 0 aliphatic carbocycles. The van der Waals surface area contributed by atoms with Gasteiger partial charge in [0.15, 0.2) is 0 Å². The maximum atomic E-state index is 11.7. The van der Waals surface area contributed by atoms with Crippen LogP contribution in [0.4, 0.5) is 4.79 Å². The number of nitrogens with two attached hydrogens (primary N) is 1. The molecule has 4 heteroatoms. The van der Waals surface area contributed by atoms with E-state index < -0.39 is 5.60 Å². The summed E-state index contributed by atoms with van der Waals surface area (Å²) >= 11 is 0. The summed E-state index contributed by atoms with van der Waals surface area (Å²) in [4.78, 5) is 13.3. The quantitative estimate of drug-likeness (QED) is 0.709. The van der Waals surface area contributed by atoms with Gasteiger partial charge in [-0.3, -0.25) is 0 Å². The molecule has 0 aromatic carbocycles. The van der Waals surface area contributed by atoms with Gasteiger partial charge in [-0.15, -0.1) is 6.58 Å². The number of ether oxygens (including phenoxy) is 1. The van der Waals surface area contributed by atoms with Crippen LogP contribution in [0.2, 0.25) is 0 Å². The van der Waals surface area contributed by atoms with Crippen molar-refractivity contribution in [1.82, 2.24) is 4.90 Å². The molecule has 0 fully saturated rings. The second-order valence-corrected chi connectivity index (χ2v) is 4.36. The zero-order valence-electron chi connectivity index (χ0n) is 9.95. The van der Waals surface area contributed by atoms with Gasteiger partial charge in [0.25, 0.3) is 0 Å². The molecule has 0 aromatic heterocycles. The molecule has 0 spiro atoms. The number of carbonyl (C=O) groups is 1. The first-order valence-electron chi connectivity index (χ1n) is 5.19. The molecule has 4 nitrogen and oxygen atoms in total. The molecule has 0 radical (unpaired) electrons. The molecule has 0 heterocycles. The van der Waals surface area contributed by atoms with E-state index in [1.165, 1.54) is 0 Å². The normalized spacial score (nSPS) is 10.9. The van der Waals surface area contributed by atoms with Gasteiger partial charge in [0, 0.05) is 13.1 Å². The molecule has 0 aliphatic rings. The zero-order chi connectivity index (χ0) is 11.9. The van der Waals surface area contributed by atoms with Gasteiger partial charge >= 0.3 is 6.09 Å². The number of hydrogen-bond donors (Lipinski definition) is 1. The van der Waals surface area contributed by atoms with Gasteiger partial charge in [0.05, 0.1) is 0 Å². The molecule has 0 rings (SSSR count). The molecule has 0 saturated heterocycles. The number of rotatable bonds is 5. The lowest BCUT2D eigenvalue weighted by atomic mass is 10.2. The fourth-order valence-corrected chi connectivity index (χ4v) is 1.02. The largest absolute Gasteiger partial charge is 0.444 e. The van der Waals surface area contributed by atoms with E-state index in [0.717, 1.165) is 6.42 Å². The Kier molecular flexibility index (Phi) is 6.01. The molecule has 2 N–H and O–H groups in total. The van der Waals surface area contributed by atoms with Gasteiger partial charge in [0.2, 0.25) is 0 Å². The third-order valence-electron chi connectivity index (χ3n) is 1.63. The highest BCUT2D eigenvalue weighted by molar-refractivity contribution is 5.68. The molecule has 0 bridgehead atoms. The lowest BCUT2D eigenvalue weighted by molar-refractivity contribution is 0.0271. The number of amides is 1. The van der Waals surface area contributed by atoms with E-state index >= 15 is 0 Å². The summed E-state index contributed by atoms with van der Waals surface area (Å²) in [6.45, 7) is 10.8. The molecule has 1 amide bonds. The maximum absolute atomic E-state index is 11.7. The van der Waals surface area contributed by atoms with E-state index in [4.69, 9.17) is 10.5 Å². The van der Waals surface area contributed by atoms with Crippen molar-refractivity contribution in [3.05, 3.63) is 12.7 Å². The van der Waals surface area contributed by atoms with Crippen LogP contribution in [0, 0.1) is 0 Å². The van der Waals surface area contributed by atoms with Gasteiger partial charge in [0.1, 0.15) is 5.60 Å². The van der Waals surface area contributed by atoms with Crippen LogP contribution in [-0.2, 0) is 4.74 Å². The standard InChI is InChI=1S/C11H22N2O2/c1-5-8-13(9-6-7-12)10(14)15-11(2,3)4/h5H,1,6-9,12H2,2-4H3. The van der Waals surface area contributed by atoms with Crippen molar-refractivity contribution in [2.45, 2.75) is 32.8 Å². The van der Waals surface area contributed by atoms with Crippen molar-refractivity contribution in [3.63, 3.8) is 0 Å². The smallest absolute Gasteiger partial charge is 0.410 e. The highest BCUT2D eigenvalue weighted by Gasteiger charge is 2.20. The van der Waals surface area contributed by atoms with E-state index in [1.807, 2.05) is 20.8 Å². The first-order chi connectivity index (χ1) is 6.90. The van der Waals surface area contributed by atoms with E-state index in [2.05, 4.69) is 6.58 Å². The number of carbonyl (C=O) groups excluding carboxylic acids is 1. The predicted molar refractivity (Wildman–Crippen MR) is 61.7 cm³/mol. The van der Waals surface area contributed by atoms with Crippen molar-refractivity contribution in [2.75, 3.05) is 19.6 Å². The Labute approximate surface area is 92.1 Å². The minimum Gasteiger partial charge on any atom is -0.444 e. The van der Waals surface area contributed by atoms with E-state index in [1.54, 1.807) is 11.0 Å². The minimum absolute atomic E-state index is 0.309. The average Bonchev–Trinajstić information content (AvgIpc) is 2.09. The second kappa shape index (κ2) is 6.45. The Morgan fingerprint density at radius 3 is 2.53 bits per heavy atom. The predicted octanol–water partition coefficient (Wildman–Crippen LogP) is 1.76. The SMILES string of the molecule is C=CCN(CCCN)C(=O)OC(C)(C)C. The van der Waals surface area contributed by atoms with E-state index in [9.17, 15) is 4.79 Å². The summed E-state index contributed by atoms with van der Waals surface area (Å²) in [6, 6.07) is 0. The van der Waals surface area contributed by atoms with Crippen LogP contribution in [0.5, 0.6) is 0 Å². The number of nitrogens with zero attached hydrogens (tertiary/aromatic N) is 1. The lowest BCUT2D eigenvalue weighted by Crippen LogP contribution is -2.38. The van der Waals surface area contributed by atoms with Gasteiger partial charge in [-0.1, -0.05) is 6.08 Å². The van der Waals surface area contributed by atoms with Crippen molar-refractivity contribution in [3.8, 4) is 0 Å². The molecule has 0 aliphatic heterocycles. The third-order valence-corrected chi connectivity index (χ3v) is 1.63. The van der Waals surface area contributed by atoms with Crippen LogP contribution in [0.15, 0.2) is 12.7 Å². The monoisotopic (exact) mass is 214 g/mol. The Balaban J connectivity index is 4.21. The molecule has 88 valence electrons. The average molecular weight is 214 g/mol. The van der Waals surface area contributed by atoms with Crippen LogP contribution in [0.25, 0.3) is 0 Å². The van der Waals surface area contributed by atoms with Gasteiger partial charge in [-0.2, -0.15) is 0 Å². The summed E-state index contributed by atoms with van der Waals surface area (Å²) in [7, 11) is 0. The van der Waals surface area contributed by atoms with Crippen LogP contribution >= 0.6 is 0 Å². The summed E-state index contributed by atoms with van der Waals surface area (Å²) in [5, 5.41) is 0. The first-order valence-corrected chi connectivity index (χ1v) is 5.19. The highest BCUT2D eigenvalue weighted by Crippen LogP contribution is 2.10. The Hall–Kier alpha value is -1.03. The highest BCUT2D eigenvalue weighted by atomic mass is 16.6. The Morgan fingerprint density at radius 1 is 1.53 bits per heavy atom. The molecule has 0 saturated carbocycles. The molecule has 15 heavy (non-hydrogen) atoms. The molecule has 0 atom stereocenters. The minimum atomic E-state index is -0.459. The summed E-state index contributed by atoms with van der Waals surface area (Å²) in [5.74, 6) is 0. The van der Waals surface area contributed by atoms with Crippen LogP contribution < -0.4 is 5.73 Å². The van der Waals surface area contributed by atoms with Crippen molar-refractivity contribution >= 4 is 6.09 Å².